The van der Waals surface area contributed by atoms with Gasteiger partial charge in [-0.05, 0) is 48.9 Å². The van der Waals surface area contributed by atoms with Gasteiger partial charge in [0.2, 0.25) is 0 Å². The Bertz CT molecular complexity index is 573. The molecule has 3 rings (SSSR count). The summed E-state index contributed by atoms with van der Waals surface area (Å²) in [7, 11) is 0. The monoisotopic (exact) mass is 366 g/mol. The van der Waals surface area contributed by atoms with Crippen LogP contribution in [0.4, 0.5) is 0 Å². The molecule has 0 aliphatic heterocycles. The number of rotatable bonds is 5. The van der Waals surface area contributed by atoms with Gasteiger partial charge >= 0.3 is 0 Å². The van der Waals surface area contributed by atoms with Crippen molar-refractivity contribution in [2.75, 3.05) is 5.33 Å². The molecule has 1 saturated carbocycles. The second-order valence-corrected chi connectivity index (χ2v) is 6.92. The predicted octanol–water partition coefficient (Wildman–Crippen LogP) is 5.37. The molecule has 1 aliphatic carbocycles. The summed E-state index contributed by atoms with van der Waals surface area (Å²) >= 11 is 9.60. The average molecular weight is 368 g/mol. The number of hydrogen-bond donors (Lipinski definition) is 0. The van der Waals surface area contributed by atoms with E-state index in [1.165, 1.54) is 36.9 Å². The van der Waals surface area contributed by atoms with Gasteiger partial charge in [0.15, 0.2) is 0 Å². The third-order valence-electron chi connectivity index (χ3n) is 4.35. The van der Waals surface area contributed by atoms with E-state index >= 15 is 0 Å². The molecule has 21 heavy (non-hydrogen) atoms. The normalized spacial score (nSPS) is 17.2. The maximum Gasteiger partial charge on any atom is 0.0631 e. The van der Waals surface area contributed by atoms with Crippen molar-refractivity contribution in [2.24, 2.45) is 0 Å². The van der Waals surface area contributed by atoms with Gasteiger partial charge in [0.1, 0.15) is 0 Å². The van der Waals surface area contributed by atoms with Crippen molar-refractivity contribution in [1.82, 2.24) is 9.78 Å². The van der Waals surface area contributed by atoms with Crippen LogP contribution in [-0.4, -0.2) is 15.1 Å². The Hall–Kier alpha value is -0.800. The fourth-order valence-electron chi connectivity index (χ4n) is 3.11. The van der Waals surface area contributed by atoms with Gasteiger partial charge in [-0.3, -0.25) is 4.68 Å². The van der Waals surface area contributed by atoms with Gasteiger partial charge in [-0.1, -0.05) is 52.5 Å². The molecule has 1 aromatic heterocycles. The first-order chi connectivity index (χ1) is 10.3. The molecule has 1 atom stereocenters. The lowest BCUT2D eigenvalue weighted by Gasteiger charge is -2.14. The lowest BCUT2D eigenvalue weighted by Crippen LogP contribution is -2.08. The molecule has 1 unspecified atom stereocenters. The smallest absolute Gasteiger partial charge is 0.0631 e. The zero-order chi connectivity index (χ0) is 14.7. The van der Waals surface area contributed by atoms with Crippen LogP contribution in [-0.2, 0) is 6.42 Å². The van der Waals surface area contributed by atoms with Gasteiger partial charge in [-0.25, -0.2) is 0 Å². The summed E-state index contributed by atoms with van der Waals surface area (Å²) in [6.45, 7) is 0. The minimum atomic E-state index is 0.439. The zero-order valence-corrected chi connectivity index (χ0v) is 14.4. The van der Waals surface area contributed by atoms with Crippen LogP contribution in [0.2, 0.25) is 5.02 Å². The summed E-state index contributed by atoms with van der Waals surface area (Å²) in [5.41, 5.74) is 2.49. The maximum absolute atomic E-state index is 5.97. The third-order valence-corrected chi connectivity index (χ3v) is 5.38. The van der Waals surface area contributed by atoms with Crippen LogP contribution in [0, 0.1) is 0 Å². The molecule has 0 radical (unpaired) electrons. The first-order valence-electron chi connectivity index (χ1n) is 7.61. The van der Waals surface area contributed by atoms with Crippen molar-refractivity contribution >= 4 is 27.5 Å². The molecule has 4 heteroatoms. The molecule has 1 aromatic carbocycles. The summed E-state index contributed by atoms with van der Waals surface area (Å²) in [6, 6.07) is 10.9. The topological polar surface area (TPSA) is 17.8 Å². The van der Waals surface area contributed by atoms with Crippen LogP contribution in [0.15, 0.2) is 36.5 Å². The second kappa shape index (κ2) is 6.97. The standard InChI is InChI=1S/C17H20BrClN2/c18-12-14(13-5-7-15(19)8-6-13)11-16-9-10-21(20-16)17-3-1-2-4-17/h5-10,14,17H,1-4,11-12H2. The van der Waals surface area contributed by atoms with Crippen LogP contribution < -0.4 is 0 Å². The summed E-state index contributed by atoms with van der Waals surface area (Å²) in [4.78, 5) is 0. The summed E-state index contributed by atoms with van der Waals surface area (Å²) in [6.07, 6.45) is 8.36. The Morgan fingerprint density at radius 1 is 1.19 bits per heavy atom. The van der Waals surface area contributed by atoms with Gasteiger partial charge < -0.3 is 0 Å². The SMILES string of the molecule is Clc1ccc(C(CBr)Cc2ccn(C3CCCC3)n2)cc1. The second-order valence-electron chi connectivity index (χ2n) is 5.83. The zero-order valence-electron chi connectivity index (χ0n) is 12.0. The van der Waals surface area contributed by atoms with Crippen molar-refractivity contribution in [3.8, 4) is 0 Å². The Labute approximate surface area is 139 Å². The van der Waals surface area contributed by atoms with E-state index in [2.05, 4.69) is 45.0 Å². The highest BCUT2D eigenvalue weighted by Crippen LogP contribution is 2.29. The largest absolute Gasteiger partial charge is 0.269 e. The van der Waals surface area contributed by atoms with E-state index in [-0.39, 0.29) is 0 Å². The first kappa shape index (κ1) is 15.1. The first-order valence-corrected chi connectivity index (χ1v) is 9.11. The molecule has 112 valence electrons. The minimum absolute atomic E-state index is 0.439. The molecule has 0 saturated heterocycles. The van der Waals surface area contributed by atoms with E-state index in [4.69, 9.17) is 16.7 Å². The molecule has 2 aromatic rings. The van der Waals surface area contributed by atoms with E-state index in [1.54, 1.807) is 0 Å². The molecule has 0 bridgehead atoms. The molecular formula is C17H20BrClN2. The van der Waals surface area contributed by atoms with Gasteiger partial charge in [0, 0.05) is 16.5 Å². The van der Waals surface area contributed by atoms with Crippen LogP contribution in [0.25, 0.3) is 0 Å². The van der Waals surface area contributed by atoms with Crippen LogP contribution in [0.1, 0.15) is 48.9 Å². The molecule has 1 aliphatic rings. The molecule has 0 amide bonds. The fraction of sp³-hybridized carbons (Fsp3) is 0.471. The quantitative estimate of drug-likeness (QED) is 0.649. The summed E-state index contributed by atoms with van der Waals surface area (Å²) in [5.74, 6) is 0.439. The third kappa shape index (κ3) is 3.70. The highest BCUT2D eigenvalue weighted by molar-refractivity contribution is 9.09. The van der Waals surface area contributed by atoms with Crippen molar-refractivity contribution in [1.29, 1.82) is 0 Å². The molecule has 1 heterocycles. The highest BCUT2D eigenvalue weighted by Gasteiger charge is 2.19. The lowest BCUT2D eigenvalue weighted by molar-refractivity contribution is 0.462. The summed E-state index contributed by atoms with van der Waals surface area (Å²) < 4.78 is 2.18. The van der Waals surface area contributed by atoms with E-state index in [0.717, 1.165) is 16.8 Å². The van der Waals surface area contributed by atoms with E-state index < -0.39 is 0 Å². The average Bonchev–Trinajstić information content (AvgIpc) is 3.17. The van der Waals surface area contributed by atoms with E-state index in [9.17, 15) is 0 Å². The van der Waals surface area contributed by atoms with Gasteiger partial charge in [0.05, 0.1) is 11.7 Å². The summed E-state index contributed by atoms with van der Waals surface area (Å²) in [5, 5.41) is 6.52. The number of alkyl halides is 1. The Morgan fingerprint density at radius 3 is 2.57 bits per heavy atom. The number of hydrogen-bond acceptors (Lipinski definition) is 1. The number of benzene rings is 1. The van der Waals surface area contributed by atoms with Crippen molar-refractivity contribution < 1.29 is 0 Å². The lowest BCUT2D eigenvalue weighted by atomic mass is 9.96. The highest BCUT2D eigenvalue weighted by atomic mass is 79.9. The van der Waals surface area contributed by atoms with Gasteiger partial charge in [-0.15, -0.1) is 0 Å². The number of nitrogens with zero attached hydrogens (tertiary/aromatic N) is 2. The van der Waals surface area contributed by atoms with E-state index in [1.807, 2.05) is 12.1 Å². The molecule has 2 nitrogen and oxygen atoms in total. The molecule has 1 fully saturated rings. The molecule has 0 N–H and O–H groups in total. The van der Waals surface area contributed by atoms with Crippen LogP contribution in [0.5, 0.6) is 0 Å². The van der Waals surface area contributed by atoms with Crippen LogP contribution >= 0.6 is 27.5 Å². The van der Waals surface area contributed by atoms with Gasteiger partial charge in [-0.2, -0.15) is 5.10 Å². The minimum Gasteiger partial charge on any atom is -0.269 e. The Kier molecular flexibility index (Phi) is 5.02. The maximum atomic E-state index is 5.97. The van der Waals surface area contributed by atoms with Crippen molar-refractivity contribution in [3.63, 3.8) is 0 Å². The Balaban J connectivity index is 1.70. The van der Waals surface area contributed by atoms with Crippen LogP contribution in [0.3, 0.4) is 0 Å². The fourth-order valence-corrected chi connectivity index (χ4v) is 3.84. The predicted molar refractivity (Wildman–Crippen MR) is 91.4 cm³/mol. The molecule has 0 spiro atoms. The molecular weight excluding hydrogens is 348 g/mol. The van der Waals surface area contributed by atoms with Crippen molar-refractivity contribution in [2.45, 2.75) is 44.1 Å². The van der Waals surface area contributed by atoms with Crippen molar-refractivity contribution in [3.05, 3.63) is 52.8 Å². The Morgan fingerprint density at radius 2 is 1.90 bits per heavy atom. The van der Waals surface area contributed by atoms with Gasteiger partial charge in [0.25, 0.3) is 0 Å². The number of aromatic nitrogens is 2. The van der Waals surface area contributed by atoms with E-state index in [0.29, 0.717) is 12.0 Å². The number of halogens is 2.